The van der Waals surface area contributed by atoms with Crippen LogP contribution in [0.5, 0.6) is 5.75 Å². The van der Waals surface area contributed by atoms with Gasteiger partial charge in [0.2, 0.25) is 0 Å². The molecule has 1 amide bonds. The summed E-state index contributed by atoms with van der Waals surface area (Å²) < 4.78 is 5.61. The summed E-state index contributed by atoms with van der Waals surface area (Å²) in [6, 6.07) is 1.30. The van der Waals surface area contributed by atoms with Gasteiger partial charge in [-0.1, -0.05) is 37.8 Å². The second-order valence-electron chi connectivity index (χ2n) is 7.52. The van der Waals surface area contributed by atoms with Crippen molar-refractivity contribution >= 4 is 23.2 Å². The van der Waals surface area contributed by atoms with Crippen molar-refractivity contribution in [2.45, 2.75) is 57.6 Å². The highest BCUT2D eigenvalue weighted by Gasteiger charge is 2.31. The molecule has 1 aromatic rings. The smallest absolute Gasteiger partial charge is 0.255 e. The Morgan fingerprint density at radius 2 is 2.26 bits per heavy atom. The molecule has 1 saturated heterocycles. The van der Waals surface area contributed by atoms with Crippen molar-refractivity contribution in [3.8, 4) is 5.75 Å². The predicted octanol–water partition coefficient (Wildman–Crippen LogP) is 2.60. The quantitative estimate of drug-likeness (QED) is 0.488. The Morgan fingerprint density at radius 3 is 3.00 bits per heavy atom. The molecule has 150 valence electrons. The molecule has 2 aliphatic heterocycles. The summed E-state index contributed by atoms with van der Waals surface area (Å²) in [6.07, 6.45) is 5.67. The lowest BCUT2D eigenvalue weighted by Gasteiger charge is -2.36. The van der Waals surface area contributed by atoms with E-state index in [9.17, 15) is 9.90 Å². The molecule has 27 heavy (non-hydrogen) atoms. The molecule has 0 radical (unpaired) electrons. The largest absolute Gasteiger partial charge is 0.492 e. The van der Waals surface area contributed by atoms with Crippen molar-refractivity contribution in [1.82, 2.24) is 10.2 Å². The number of amides is 1. The minimum atomic E-state index is -0.577. The number of nitrogens with zero attached hydrogens (tertiary/aromatic N) is 1. The number of aliphatic hydroxyl groups is 1. The monoisotopic (exact) mass is 395 g/mol. The number of unbranched alkanes of at least 4 members (excludes halogenated alkanes) is 3. The zero-order valence-corrected chi connectivity index (χ0v) is 16.7. The minimum absolute atomic E-state index is 0.266. The van der Waals surface area contributed by atoms with Gasteiger partial charge in [0.1, 0.15) is 5.75 Å². The van der Waals surface area contributed by atoms with Crippen LogP contribution in [0.1, 0.15) is 54.9 Å². The average Bonchev–Trinajstić information content (AvgIpc) is 3.14. The molecule has 1 fully saturated rings. The van der Waals surface area contributed by atoms with E-state index in [1.807, 2.05) is 0 Å². The van der Waals surface area contributed by atoms with Crippen LogP contribution in [0, 0.1) is 0 Å². The highest BCUT2D eigenvalue weighted by molar-refractivity contribution is 6.33. The highest BCUT2D eigenvalue weighted by atomic mass is 35.5. The number of halogens is 1. The third-order valence-electron chi connectivity index (χ3n) is 5.53. The number of anilines is 1. The van der Waals surface area contributed by atoms with Gasteiger partial charge in [-0.25, -0.2) is 0 Å². The number of piperidine rings is 1. The number of nitrogens with two attached hydrogens (primary N) is 1. The van der Waals surface area contributed by atoms with Crippen molar-refractivity contribution in [3.63, 3.8) is 0 Å². The first kappa shape index (κ1) is 20.2. The molecule has 0 spiro atoms. The van der Waals surface area contributed by atoms with E-state index in [4.69, 9.17) is 22.1 Å². The summed E-state index contributed by atoms with van der Waals surface area (Å²) in [5.74, 6) is 0.257. The zero-order valence-electron chi connectivity index (χ0n) is 16.0. The number of ether oxygens (including phenoxy) is 1. The molecule has 3 rings (SSSR count). The number of β-amino-alcohol motifs (C(OH)–C–C–N with tert-alkyl or cyclic N) is 1. The van der Waals surface area contributed by atoms with E-state index in [0.717, 1.165) is 31.5 Å². The molecule has 1 aromatic carbocycles. The SMILES string of the molecule is CCCCCCN1CCC(NC(=O)c2cc(Cl)c(N)c3c2OCC3)C(O)C1. The first-order valence-corrected chi connectivity index (χ1v) is 10.3. The number of benzene rings is 1. The Bertz CT molecular complexity index is 683. The summed E-state index contributed by atoms with van der Waals surface area (Å²) in [6.45, 7) is 5.18. The number of nitrogen functional groups attached to an aromatic ring is 1. The summed E-state index contributed by atoms with van der Waals surface area (Å²) >= 11 is 6.19. The molecule has 2 heterocycles. The van der Waals surface area contributed by atoms with Crippen molar-refractivity contribution < 1.29 is 14.6 Å². The molecular formula is C20H30ClN3O3. The van der Waals surface area contributed by atoms with Gasteiger partial charge in [0.25, 0.3) is 5.91 Å². The first-order chi connectivity index (χ1) is 13.0. The highest BCUT2D eigenvalue weighted by Crippen LogP contribution is 2.38. The molecule has 2 atom stereocenters. The number of carbonyl (C=O) groups excluding carboxylic acids is 1. The van der Waals surface area contributed by atoms with Gasteiger partial charge in [-0.15, -0.1) is 0 Å². The molecule has 2 aliphatic rings. The Kier molecular flexibility index (Phi) is 6.84. The summed E-state index contributed by atoms with van der Waals surface area (Å²) in [4.78, 5) is 15.1. The Morgan fingerprint density at radius 1 is 1.44 bits per heavy atom. The van der Waals surface area contributed by atoms with Crippen molar-refractivity contribution in [1.29, 1.82) is 0 Å². The van der Waals surface area contributed by atoms with Crippen LogP contribution in [0.4, 0.5) is 5.69 Å². The van der Waals surface area contributed by atoms with E-state index >= 15 is 0 Å². The van der Waals surface area contributed by atoms with Crippen LogP contribution < -0.4 is 15.8 Å². The van der Waals surface area contributed by atoms with Crippen LogP contribution in [-0.4, -0.2) is 54.3 Å². The molecule has 7 heteroatoms. The zero-order chi connectivity index (χ0) is 19.4. The number of nitrogens with one attached hydrogen (secondary N) is 1. The van der Waals surface area contributed by atoms with Crippen LogP contribution in [0.25, 0.3) is 0 Å². The van der Waals surface area contributed by atoms with Gasteiger partial charge in [-0.05, 0) is 25.5 Å². The van der Waals surface area contributed by atoms with Crippen LogP contribution >= 0.6 is 11.6 Å². The maximum absolute atomic E-state index is 12.8. The number of rotatable bonds is 7. The third-order valence-corrected chi connectivity index (χ3v) is 5.84. The number of likely N-dealkylation sites (tertiary alicyclic amines) is 1. The van der Waals surface area contributed by atoms with Crippen LogP contribution in [0.3, 0.4) is 0 Å². The third kappa shape index (κ3) is 4.68. The summed E-state index contributed by atoms with van der Waals surface area (Å²) in [7, 11) is 0. The summed E-state index contributed by atoms with van der Waals surface area (Å²) in [5, 5.41) is 13.8. The van der Waals surface area contributed by atoms with Crippen LogP contribution in [0.15, 0.2) is 6.07 Å². The van der Waals surface area contributed by atoms with E-state index in [2.05, 4.69) is 17.1 Å². The van der Waals surface area contributed by atoms with Crippen molar-refractivity contribution in [3.05, 3.63) is 22.2 Å². The lowest BCUT2D eigenvalue weighted by molar-refractivity contribution is 0.0372. The number of carbonyl (C=O) groups is 1. The minimum Gasteiger partial charge on any atom is -0.492 e. The van der Waals surface area contributed by atoms with Gasteiger partial charge in [0, 0.05) is 25.1 Å². The van der Waals surface area contributed by atoms with E-state index in [0.29, 0.717) is 41.6 Å². The Balaban J connectivity index is 1.58. The first-order valence-electron chi connectivity index (χ1n) is 9.96. The van der Waals surface area contributed by atoms with Gasteiger partial charge in [-0.2, -0.15) is 0 Å². The fraction of sp³-hybridized carbons (Fsp3) is 0.650. The molecule has 4 N–H and O–H groups in total. The number of fused-ring (bicyclic) bond motifs is 1. The molecule has 6 nitrogen and oxygen atoms in total. The second-order valence-corrected chi connectivity index (χ2v) is 7.93. The number of hydrogen-bond donors (Lipinski definition) is 3. The predicted molar refractivity (Wildman–Crippen MR) is 108 cm³/mol. The fourth-order valence-electron chi connectivity index (χ4n) is 3.91. The van der Waals surface area contributed by atoms with Crippen molar-refractivity contribution in [2.24, 2.45) is 0 Å². The van der Waals surface area contributed by atoms with E-state index in [1.54, 1.807) is 6.07 Å². The average molecular weight is 396 g/mol. The van der Waals surface area contributed by atoms with Crippen LogP contribution in [0.2, 0.25) is 5.02 Å². The van der Waals surface area contributed by atoms with Gasteiger partial charge in [0.15, 0.2) is 0 Å². The lowest BCUT2D eigenvalue weighted by atomic mass is 10.00. The molecular weight excluding hydrogens is 366 g/mol. The maximum Gasteiger partial charge on any atom is 0.255 e. The van der Waals surface area contributed by atoms with E-state index in [1.165, 1.54) is 19.3 Å². The van der Waals surface area contributed by atoms with E-state index < -0.39 is 6.10 Å². The van der Waals surface area contributed by atoms with Gasteiger partial charge in [0.05, 0.1) is 35.0 Å². The lowest BCUT2D eigenvalue weighted by Crippen LogP contribution is -2.54. The number of hydrogen-bond acceptors (Lipinski definition) is 5. The molecule has 0 bridgehead atoms. The van der Waals surface area contributed by atoms with Crippen LogP contribution in [-0.2, 0) is 6.42 Å². The molecule has 2 unspecified atom stereocenters. The molecule has 0 saturated carbocycles. The van der Waals surface area contributed by atoms with Gasteiger partial charge in [-0.3, -0.25) is 4.79 Å². The standard InChI is InChI=1S/C20H30ClN3O3/c1-2-3-4-5-8-24-9-6-16(17(25)12-24)23-20(26)14-11-15(21)18(22)13-7-10-27-19(13)14/h11,16-17,25H,2-10,12,22H2,1H3,(H,23,26). The van der Waals surface area contributed by atoms with Gasteiger partial charge < -0.3 is 25.8 Å². The number of aliphatic hydroxyl groups excluding tert-OH is 1. The second kappa shape index (κ2) is 9.13. The molecule has 0 aromatic heterocycles. The Hall–Kier alpha value is -1.50. The normalized spacial score (nSPS) is 22.3. The van der Waals surface area contributed by atoms with Gasteiger partial charge >= 0.3 is 0 Å². The Labute approximate surface area is 166 Å². The van der Waals surface area contributed by atoms with E-state index in [-0.39, 0.29) is 11.9 Å². The fourth-order valence-corrected chi connectivity index (χ4v) is 4.14. The van der Waals surface area contributed by atoms with Crippen molar-refractivity contribution in [2.75, 3.05) is 32.0 Å². The topological polar surface area (TPSA) is 87.8 Å². The summed E-state index contributed by atoms with van der Waals surface area (Å²) in [5.41, 5.74) is 7.68. The molecule has 0 aliphatic carbocycles. The maximum atomic E-state index is 12.8.